The summed E-state index contributed by atoms with van der Waals surface area (Å²) in [5, 5.41) is 0. The van der Waals surface area contributed by atoms with Crippen molar-refractivity contribution >= 4 is 0 Å². The first-order valence-corrected chi connectivity index (χ1v) is 8.98. The Kier molecular flexibility index (Phi) is 5.57. The molecular weight excluding hydrogens is 288 g/mol. The van der Waals surface area contributed by atoms with Gasteiger partial charge in [-0.05, 0) is 36.6 Å². The fourth-order valence-electron chi connectivity index (χ4n) is 3.87. The summed E-state index contributed by atoms with van der Waals surface area (Å²) in [6.07, 6.45) is 2.39. The monoisotopic (exact) mass is 318 g/mol. The van der Waals surface area contributed by atoms with E-state index < -0.39 is 0 Å². The lowest BCUT2D eigenvalue weighted by Crippen LogP contribution is -2.40. The standard InChI is InChI=1S/C19H30N2O2/c1-4-18-11-15-10-17(13-20-6-8-23-9-7-20)19(22-3)12-16(15)14-21(18)5-2/h10,12,18H,4-9,11,13-14H2,1-3H3. The quantitative estimate of drug-likeness (QED) is 0.833. The number of morpholine rings is 1. The van der Waals surface area contributed by atoms with Crippen molar-refractivity contribution in [2.24, 2.45) is 0 Å². The molecule has 0 spiro atoms. The number of nitrogens with zero attached hydrogens (tertiary/aromatic N) is 2. The summed E-state index contributed by atoms with van der Waals surface area (Å²) in [5.74, 6) is 1.04. The van der Waals surface area contributed by atoms with Crippen molar-refractivity contribution in [3.05, 3.63) is 28.8 Å². The summed E-state index contributed by atoms with van der Waals surface area (Å²) in [4.78, 5) is 5.05. The smallest absolute Gasteiger partial charge is 0.123 e. The molecule has 0 amide bonds. The molecule has 2 aliphatic heterocycles. The van der Waals surface area contributed by atoms with Crippen LogP contribution in [0.2, 0.25) is 0 Å². The zero-order valence-electron chi connectivity index (χ0n) is 14.8. The lowest BCUT2D eigenvalue weighted by atomic mass is 9.90. The zero-order valence-corrected chi connectivity index (χ0v) is 14.8. The van der Waals surface area contributed by atoms with Gasteiger partial charge in [-0.3, -0.25) is 9.80 Å². The molecule has 128 valence electrons. The van der Waals surface area contributed by atoms with Crippen molar-refractivity contribution in [1.29, 1.82) is 0 Å². The third-order valence-corrected chi connectivity index (χ3v) is 5.32. The molecule has 0 aliphatic carbocycles. The molecular formula is C19H30N2O2. The largest absolute Gasteiger partial charge is 0.496 e. The number of ether oxygens (including phenoxy) is 2. The minimum Gasteiger partial charge on any atom is -0.496 e. The molecule has 0 aromatic heterocycles. The van der Waals surface area contributed by atoms with Crippen LogP contribution in [0.4, 0.5) is 0 Å². The molecule has 1 aromatic carbocycles. The van der Waals surface area contributed by atoms with Gasteiger partial charge in [0.05, 0.1) is 20.3 Å². The maximum absolute atomic E-state index is 5.70. The molecule has 2 heterocycles. The number of benzene rings is 1. The fourth-order valence-corrected chi connectivity index (χ4v) is 3.87. The molecule has 4 nitrogen and oxygen atoms in total. The Hall–Kier alpha value is -1.10. The van der Waals surface area contributed by atoms with Crippen LogP contribution in [0.3, 0.4) is 0 Å². The number of methoxy groups -OCH3 is 1. The van der Waals surface area contributed by atoms with Crippen LogP contribution in [0.25, 0.3) is 0 Å². The Morgan fingerprint density at radius 2 is 1.96 bits per heavy atom. The van der Waals surface area contributed by atoms with Gasteiger partial charge < -0.3 is 9.47 Å². The topological polar surface area (TPSA) is 24.9 Å². The summed E-state index contributed by atoms with van der Waals surface area (Å²) in [6.45, 7) is 11.4. The number of fused-ring (bicyclic) bond motifs is 1. The summed E-state index contributed by atoms with van der Waals surface area (Å²) in [7, 11) is 1.79. The SMILES string of the molecule is CCC1Cc2cc(CN3CCOCC3)c(OC)cc2CN1CC. The first kappa shape index (κ1) is 16.7. The molecule has 23 heavy (non-hydrogen) atoms. The normalized spacial score (nSPS) is 22.8. The Morgan fingerprint density at radius 3 is 2.61 bits per heavy atom. The van der Waals surface area contributed by atoms with Crippen LogP contribution in [0.15, 0.2) is 12.1 Å². The molecule has 1 fully saturated rings. The van der Waals surface area contributed by atoms with Crippen LogP contribution in [0.5, 0.6) is 5.75 Å². The maximum atomic E-state index is 5.70. The van der Waals surface area contributed by atoms with Crippen molar-refractivity contribution in [2.75, 3.05) is 40.0 Å². The van der Waals surface area contributed by atoms with E-state index in [9.17, 15) is 0 Å². The Morgan fingerprint density at radius 1 is 1.17 bits per heavy atom. The second-order valence-electron chi connectivity index (χ2n) is 6.65. The number of hydrogen-bond acceptors (Lipinski definition) is 4. The van der Waals surface area contributed by atoms with Crippen LogP contribution >= 0.6 is 0 Å². The summed E-state index contributed by atoms with van der Waals surface area (Å²) >= 11 is 0. The molecule has 0 saturated carbocycles. The lowest BCUT2D eigenvalue weighted by Gasteiger charge is -2.36. The van der Waals surface area contributed by atoms with Gasteiger partial charge in [0.25, 0.3) is 0 Å². The second-order valence-corrected chi connectivity index (χ2v) is 6.65. The lowest BCUT2D eigenvalue weighted by molar-refractivity contribution is 0.0338. The van der Waals surface area contributed by atoms with E-state index in [4.69, 9.17) is 9.47 Å². The van der Waals surface area contributed by atoms with Gasteiger partial charge in [0, 0.05) is 37.8 Å². The third kappa shape index (κ3) is 3.70. The van der Waals surface area contributed by atoms with Crippen molar-refractivity contribution in [3.63, 3.8) is 0 Å². The minimum atomic E-state index is 0.678. The number of likely N-dealkylation sites (N-methyl/N-ethyl adjacent to an activating group) is 1. The predicted molar refractivity (Wildman–Crippen MR) is 93.0 cm³/mol. The van der Waals surface area contributed by atoms with E-state index in [2.05, 4.69) is 35.8 Å². The highest BCUT2D eigenvalue weighted by molar-refractivity contribution is 5.44. The van der Waals surface area contributed by atoms with E-state index in [-0.39, 0.29) is 0 Å². The Balaban J connectivity index is 1.83. The van der Waals surface area contributed by atoms with Gasteiger partial charge in [-0.2, -0.15) is 0 Å². The van der Waals surface area contributed by atoms with Gasteiger partial charge in [-0.25, -0.2) is 0 Å². The van der Waals surface area contributed by atoms with Gasteiger partial charge in [0.1, 0.15) is 5.75 Å². The van der Waals surface area contributed by atoms with Gasteiger partial charge in [-0.1, -0.05) is 19.9 Å². The molecule has 0 radical (unpaired) electrons. The summed E-state index contributed by atoms with van der Waals surface area (Å²) < 4.78 is 11.2. The predicted octanol–water partition coefficient (Wildman–Crippen LogP) is 2.68. The van der Waals surface area contributed by atoms with Crippen molar-refractivity contribution < 1.29 is 9.47 Å². The molecule has 1 aromatic rings. The average molecular weight is 318 g/mol. The molecule has 3 rings (SSSR count). The molecule has 1 saturated heterocycles. The van der Waals surface area contributed by atoms with E-state index in [1.165, 1.54) is 29.5 Å². The van der Waals surface area contributed by atoms with Gasteiger partial charge in [-0.15, -0.1) is 0 Å². The van der Waals surface area contributed by atoms with E-state index in [0.29, 0.717) is 6.04 Å². The van der Waals surface area contributed by atoms with Crippen LogP contribution < -0.4 is 4.74 Å². The molecule has 4 heteroatoms. The highest BCUT2D eigenvalue weighted by Crippen LogP contribution is 2.31. The highest BCUT2D eigenvalue weighted by Gasteiger charge is 2.25. The first-order chi connectivity index (χ1) is 11.2. The van der Waals surface area contributed by atoms with E-state index in [0.717, 1.165) is 51.7 Å². The maximum Gasteiger partial charge on any atom is 0.123 e. The minimum absolute atomic E-state index is 0.678. The van der Waals surface area contributed by atoms with Gasteiger partial charge >= 0.3 is 0 Å². The zero-order chi connectivity index (χ0) is 16.2. The molecule has 1 unspecified atom stereocenters. The van der Waals surface area contributed by atoms with E-state index in [1.54, 1.807) is 7.11 Å². The second kappa shape index (κ2) is 7.65. The molecule has 0 bridgehead atoms. The van der Waals surface area contributed by atoms with Gasteiger partial charge in [0.2, 0.25) is 0 Å². The van der Waals surface area contributed by atoms with E-state index >= 15 is 0 Å². The third-order valence-electron chi connectivity index (χ3n) is 5.32. The Bertz CT molecular complexity index is 526. The van der Waals surface area contributed by atoms with Gasteiger partial charge in [0.15, 0.2) is 0 Å². The van der Waals surface area contributed by atoms with E-state index in [1.807, 2.05) is 0 Å². The summed E-state index contributed by atoms with van der Waals surface area (Å²) in [5.41, 5.74) is 4.29. The summed E-state index contributed by atoms with van der Waals surface area (Å²) in [6, 6.07) is 5.36. The van der Waals surface area contributed by atoms with Crippen LogP contribution in [0.1, 0.15) is 37.0 Å². The van der Waals surface area contributed by atoms with Crippen molar-refractivity contribution in [1.82, 2.24) is 9.80 Å². The van der Waals surface area contributed by atoms with Crippen LogP contribution in [-0.4, -0.2) is 55.8 Å². The average Bonchev–Trinajstić information content (AvgIpc) is 2.60. The van der Waals surface area contributed by atoms with Crippen LogP contribution in [0, 0.1) is 0 Å². The molecule has 1 atom stereocenters. The number of rotatable bonds is 5. The number of hydrogen-bond donors (Lipinski definition) is 0. The van der Waals surface area contributed by atoms with Crippen molar-refractivity contribution in [3.8, 4) is 5.75 Å². The highest BCUT2D eigenvalue weighted by atomic mass is 16.5. The molecule has 0 N–H and O–H groups in total. The Labute approximate surface area is 140 Å². The fraction of sp³-hybridized carbons (Fsp3) is 0.684. The van der Waals surface area contributed by atoms with Crippen LogP contribution in [-0.2, 0) is 24.2 Å². The van der Waals surface area contributed by atoms with Crippen molar-refractivity contribution in [2.45, 2.75) is 45.8 Å². The molecule has 2 aliphatic rings. The first-order valence-electron chi connectivity index (χ1n) is 8.98.